The van der Waals surface area contributed by atoms with Crippen molar-refractivity contribution < 1.29 is 14.3 Å². The van der Waals surface area contributed by atoms with Crippen LogP contribution in [0.4, 0.5) is 5.00 Å². The number of fused-ring (bicyclic) bond motifs is 1. The van der Waals surface area contributed by atoms with Gasteiger partial charge in [0.15, 0.2) is 6.61 Å². The van der Waals surface area contributed by atoms with Crippen LogP contribution < -0.4 is 4.74 Å². The largest absolute Gasteiger partial charge is 0.481 e. The molecule has 30 heavy (non-hydrogen) atoms. The number of hydrogen-bond donors (Lipinski definition) is 0. The van der Waals surface area contributed by atoms with E-state index in [0.29, 0.717) is 16.1 Å². The Labute approximate surface area is 189 Å². The van der Waals surface area contributed by atoms with E-state index in [1.807, 2.05) is 12.1 Å². The zero-order chi connectivity index (χ0) is 21.9. The quantitative estimate of drug-likeness (QED) is 0.391. The van der Waals surface area contributed by atoms with Gasteiger partial charge in [0, 0.05) is 11.1 Å². The molecule has 158 valence electrons. The second-order valence-electron chi connectivity index (χ2n) is 8.41. The molecule has 0 aliphatic heterocycles. The van der Waals surface area contributed by atoms with Gasteiger partial charge in [0.2, 0.25) is 0 Å². The second-order valence-corrected chi connectivity index (χ2v) is 10.4. The summed E-state index contributed by atoms with van der Waals surface area (Å²) in [5.41, 5.74) is 3.04. The molecule has 0 bridgehead atoms. The molecule has 0 fully saturated rings. The smallest absolute Gasteiger partial charge is 0.343 e. The summed E-state index contributed by atoms with van der Waals surface area (Å²) >= 11 is 5.10. The maximum Gasteiger partial charge on any atom is 0.343 e. The molecule has 7 heteroatoms. The zero-order valence-corrected chi connectivity index (χ0v) is 20.0. The SMILES string of the molecule is COC(=O)COc1ccc(C=Nc2sc3c(c2C#N)CC[C@@H](C(C)(C)C)C3)cc1Br. The summed E-state index contributed by atoms with van der Waals surface area (Å²) in [4.78, 5) is 17.2. The highest BCUT2D eigenvalue weighted by Crippen LogP contribution is 2.44. The Morgan fingerprint density at radius 3 is 2.83 bits per heavy atom. The van der Waals surface area contributed by atoms with Crippen LogP contribution in [0.25, 0.3) is 0 Å². The van der Waals surface area contributed by atoms with Crippen molar-refractivity contribution in [1.82, 2.24) is 0 Å². The zero-order valence-electron chi connectivity index (χ0n) is 17.6. The van der Waals surface area contributed by atoms with E-state index in [0.717, 1.165) is 35.4 Å². The Balaban J connectivity index is 1.78. The number of esters is 1. The maximum absolute atomic E-state index is 11.2. The molecule has 0 N–H and O–H groups in total. The topological polar surface area (TPSA) is 71.7 Å². The number of carbonyl (C=O) groups is 1. The van der Waals surface area contributed by atoms with Gasteiger partial charge < -0.3 is 9.47 Å². The lowest BCUT2D eigenvalue weighted by atomic mass is 9.72. The van der Waals surface area contributed by atoms with Gasteiger partial charge in [0.05, 0.1) is 17.1 Å². The standard InChI is InChI=1S/C23H25BrN2O3S/c1-23(2,3)15-6-7-16-17(11-25)22(30-20(16)10-15)26-12-14-5-8-19(18(24)9-14)29-13-21(27)28-4/h5,8-9,12,15H,6-7,10,13H2,1-4H3/t15-/m1/s1. The Morgan fingerprint density at radius 2 is 2.20 bits per heavy atom. The number of nitrogens with zero attached hydrogens (tertiary/aromatic N) is 2. The van der Waals surface area contributed by atoms with Crippen LogP contribution in [0.3, 0.4) is 0 Å². The lowest BCUT2D eigenvalue weighted by Crippen LogP contribution is -2.26. The van der Waals surface area contributed by atoms with Gasteiger partial charge >= 0.3 is 5.97 Å². The van der Waals surface area contributed by atoms with E-state index in [2.05, 4.69) is 52.5 Å². The molecule has 0 spiro atoms. The third-order valence-corrected chi connectivity index (χ3v) is 7.23. The van der Waals surface area contributed by atoms with E-state index in [9.17, 15) is 10.1 Å². The van der Waals surface area contributed by atoms with E-state index in [1.165, 1.54) is 17.6 Å². The van der Waals surface area contributed by atoms with Gasteiger partial charge in [-0.3, -0.25) is 0 Å². The summed E-state index contributed by atoms with van der Waals surface area (Å²) < 4.78 is 10.7. The number of thiophene rings is 1. The predicted octanol–water partition coefficient (Wildman–Crippen LogP) is 5.84. The Bertz CT molecular complexity index is 1010. The molecule has 0 radical (unpaired) electrons. The number of benzene rings is 1. The van der Waals surface area contributed by atoms with Gasteiger partial charge in [-0.2, -0.15) is 5.26 Å². The monoisotopic (exact) mass is 488 g/mol. The van der Waals surface area contributed by atoms with Crippen molar-refractivity contribution in [2.24, 2.45) is 16.3 Å². The van der Waals surface area contributed by atoms with E-state index in [1.54, 1.807) is 23.6 Å². The summed E-state index contributed by atoms with van der Waals surface area (Å²) in [5.74, 6) is 0.738. The molecular formula is C23H25BrN2O3S. The molecule has 3 rings (SSSR count). The van der Waals surface area contributed by atoms with Crippen molar-refractivity contribution in [3.05, 3.63) is 44.2 Å². The van der Waals surface area contributed by atoms with Gasteiger partial charge in [0.1, 0.15) is 16.8 Å². The van der Waals surface area contributed by atoms with Crippen molar-refractivity contribution in [3.63, 3.8) is 0 Å². The summed E-state index contributed by atoms with van der Waals surface area (Å²) in [7, 11) is 1.32. The first-order valence-corrected chi connectivity index (χ1v) is 11.4. The highest BCUT2D eigenvalue weighted by Gasteiger charge is 2.32. The third kappa shape index (κ3) is 5.11. The number of halogens is 1. The number of aliphatic imine (C=N–C) groups is 1. The molecule has 1 aromatic carbocycles. The minimum absolute atomic E-state index is 0.148. The third-order valence-electron chi connectivity index (χ3n) is 5.44. The average Bonchev–Trinajstić information content (AvgIpc) is 3.07. The molecule has 1 aliphatic rings. The highest BCUT2D eigenvalue weighted by molar-refractivity contribution is 9.10. The Morgan fingerprint density at radius 1 is 1.43 bits per heavy atom. The molecule has 1 aromatic heterocycles. The normalized spacial score (nSPS) is 16.2. The molecule has 0 amide bonds. The Kier molecular flexibility index (Phi) is 6.99. The molecule has 0 unspecified atom stereocenters. The fourth-order valence-electron chi connectivity index (χ4n) is 3.56. The minimum atomic E-state index is -0.438. The molecular weight excluding hydrogens is 464 g/mol. The first-order valence-electron chi connectivity index (χ1n) is 9.80. The van der Waals surface area contributed by atoms with E-state index in [4.69, 9.17) is 4.74 Å². The fourth-order valence-corrected chi connectivity index (χ4v) is 5.29. The van der Waals surface area contributed by atoms with E-state index < -0.39 is 5.97 Å². The van der Waals surface area contributed by atoms with Gasteiger partial charge in [-0.1, -0.05) is 20.8 Å². The minimum Gasteiger partial charge on any atom is -0.481 e. The van der Waals surface area contributed by atoms with Crippen LogP contribution in [0.1, 0.15) is 48.8 Å². The van der Waals surface area contributed by atoms with Crippen molar-refractivity contribution in [1.29, 1.82) is 5.26 Å². The maximum atomic E-state index is 11.2. The number of nitriles is 1. The predicted molar refractivity (Wildman–Crippen MR) is 123 cm³/mol. The number of hydrogen-bond acceptors (Lipinski definition) is 6. The molecule has 0 saturated heterocycles. The van der Waals surface area contributed by atoms with E-state index in [-0.39, 0.29) is 12.0 Å². The van der Waals surface area contributed by atoms with Crippen molar-refractivity contribution in [3.8, 4) is 11.8 Å². The van der Waals surface area contributed by atoms with Crippen LogP contribution in [0, 0.1) is 22.7 Å². The molecule has 2 aromatic rings. The molecule has 5 nitrogen and oxygen atoms in total. The highest BCUT2D eigenvalue weighted by atomic mass is 79.9. The fraction of sp³-hybridized carbons (Fsp3) is 0.435. The van der Waals surface area contributed by atoms with Crippen molar-refractivity contribution in [2.75, 3.05) is 13.7 Å². The number of carbonyl (C=O) groups excluding carboxylic acids is 1. The lowest BCUT2D eigenvalue weighted by molar-refractivity contribution is -0.142. The summed E-state index contributed by atoms with van der Waals surface area (Å²) in [6, 6.07) is 7.86. The van der Waals surface area contributed by atoms with Crippen LogP contribution in [0.15, 0.2) is 27.7 Å². The van der Waals surface area contributed by atoms with Gasteiger partial charge in [0.25, 0.3) is 0 Å². The van der Waals surface area contributed by atoms with Crippen LogP contribution in [-0.4, -0.2) is 25.9 Å². The van der Waals surface area contributed by atoms with E-state index >= 15 is 0 Å². The first-order chi connectivity index (χ1) is 14.2. The number of methoxy groups -OCH3 is 1. The van der Waals surface area contributed by atoms with Gasteiger partial charge in [-0.15, -0.1) is 11.3 Å². The van der Waals surface area contributed by atoms with Crippen LogP contribution in [0.2, 0.25) is 0 Å². The molecule has 0 saturated carbocycles. The number of rotatable bonds is 5. The molecule has 1 aliphatic carbocycles. The summed E-state index contributed by atoms with van der Waals surface area (Å²) in [6.45, 7) is 6.72. The van der Waals surface area contributed by atoms with Crippen molar-refractivity contribution in [2.45, 2.75) is 40.0 Å². The average molecular weight is 489 g/mol. The van der Waals surface area contributed by atoms with Crippen LogP contribution in [0.5, 0.6) is 5.75 Å². The molecule has 1 atom stereocenters. The van der Waals surface area contributed by atoms with Crippen LogP contribution >= 0.6 is 27.3 Å². The van der Waals surface area contributed by atoms with Gasteiger partial charge in [-0.25, -0.2) is 9.79 Å². The lowest BCUT2D eigenvalue weighted by Gasteiger charge is -2.33. The summed E-state index contributed by atoms with van der Waals surface area (Å²) in [5, 5.41) is 10.5. The second kappa shape index (κ2) is 9.32. The van der Waals surface area contributed by atoms with Gasteiger partial charge in [-0.05, 0) is 75.9 Å². The number of ether oxygens (including phenoxy) is 2. The summed E-state index contributed by atoms with van der Waals surface area (Å²) in [6.07, 6.45) is 4.84. The van der Waals surface area contributed by atoms with Crippen molar-refractivity contribution >= 4 is 44.5 Å². The Hall–Kier alpha value is -2.17. The molecule has 1 heterocycles. The first kappa shape index (κ1) is 22.5. The van der Waals surface area contributed by atoms with Crippen LogP contribution in [-0.2, 0) is 22.4 Å².